The van der Waals surface area contributed by atoms with Crippen LogP contribution in [0.2, 0.25) is 5.02 Å². The Labute approximate surface area is 161 Å². The number of benzene rings is 2. The zero-order valence-electron chi connectivity index (χ0n) is 14.7. The summed E-state index contributed by atoms with van der Waals surface area (Å²) in [6.45, 7) is 4.44. The first-order valence-electron chi connectivity index (χ1n) is 8.33. The van der Waals surface area contributed by atoms with E-state index >= 15 is 0 Å². The van der Waals surface area contributed by atoms with Gasteiger partial charge in [0.25, 0.3) is 5.56 Å². The van der Waals surface area contributed by atoms with E-state index in [0.717, 1.165) is 32.8 Å². The molecular formula is C20H20ClN3OS. The number of H-pyrrole nitrogens is 1. The van der Waals surface area contributed by atoms with Gasteiger partial charge in [0.2, 0.25) is 0 Å². The molecule has 0 saturated carbocycles. The van der Waals surface area contributed by atoms with E-state index in [2.05, 4.69) is 10.1 Å². The van der Waals surface area contributed by atoms with Crippen molar-refractivity contribution in [1.82, 2.24) is 9.78 Å². The molecule has 134 valence electrons. The molecule has 6 heteroatoms. The van der Waals surface area contributed by atoms with Gasteiger partial charge in [0.15, 0.2) is 0 Å². The van der Waals surface area contributed by atoms with Gasteiger partial charge in [0, 0.05) is 33.6 Å². The van der Waals surface area contributed by atoms with Crippen LogP contribution >= 0.6 is 23.4 Å². The minimum atomic E-state index is -0.0692. The van der Waals surface area contributed by atoms with Crippen molar-refractivity contribution in [2.75, 3.05) is 12.3 Å². The minimum absolute atomic E-state index is 0.0692. The molecule has 1 N–H and O–H groups in total. The third kappa shape index (κ3) is 4.29. The SMILES string of the molecule is CC(=NCCSc1ccc(Cl)cc1)c1c(C)[nH]n(-c2ccccc2)c1=O. The molecule has 0 aliphatic heterocycles. The lowest BCUT2D eigenvalue weighted by atomic mass is 10.2. The first-order chi connectivity index (χ1) is 12.6. The molecule has 0 radical (unpaired) electrons. The van der Waals surface area contributed by atoms with Crippen molar-refractivity contribution in [2.45, 2.75) is 18.7 Å². The van der Waals surface area contributed by atoms with Crippen LogP contribution in [0, 0.1) is 6.92 Å². The standard InChI is InChI=1S/C20H20ClN3OS/c1-14(22-12-13-26-18-10-8-16(21)9-11-18)19-15(2)23-24(20(19)25)17-6-4-3-5-7-17/h3-11,23H,12-13H2,1-2H3. The zero-order chi connectivity index (χ0) is 18.5. The van der Waals surface area contributed by atoms with Gasteiger partial charge in [-0.1, -0.05) is 29.8 Å². The molecular weight excluding hydrogens is 366 g/mol. The third-order valence-electron chi connectivity index (χ3n) is 3.97. The highest BCUT2D eigenvalue weighted by Crippen LogP contribution is 2.20. The highest BCUT2D eigenvalue weighted by molar-refractivity contribution is 7.99. The summed E-state index contributed by atoms with van der Waals surface area (Å²) in [6, 6.07) is 17.3. The van der Waals surface area contributed by atoms with Gasteiger partial charge in [-0.25, -0.2) is 4.68 Å². The van der Waals surface area contributed by atoms with Gasteiger partial charge in [-0.15, -0.1) is 11.8 Å². The van der Waals surface area contributed by atoms with Crippen LogP contribution in [0.4, 0.5) is 0 Å². The molecule has 3 aromatic rings. The van der Waals surface area contributed by atoms with Gasteiger partial charge in [0.1, 0.15) is 0 Å². The summed E-state index contributed by atoms with van der Waals surface area (Å²) >= 11 is 7.61. The van der Waals surface area contributed by atoms with Gasteiger partial charge < -0.3 is 0 Å². The van der Waals surface area contributed by atoms with Gasteiger partial charge in [0.05, 0.1) is 11.3 Å². The van der Waals surface area contributed by atoms with Crippen LogP contribution in [0.25, 0.3) is 5.69 Å². The largest absolute Gasteiger partial charge is 0.295 e. The van der Waals surface area contributed by atoms with E-state index in [-0.39, 0.29) is 5.56 Å². The van der Waals surface area contributed by atoms with Gasteiger partial charge in [-0.05, 0) is 50.2 Å². The second-order valence-electron chi connectivity index (χ2n) is 5.86. The van der Waals surface area contributed by atoms with Crippen molar-refractivity contribution >= 4 is 29.1 Å². The van der Waals surface area contributed by atoms with Crippen LogP contribution in [-0.4, -0.2) is 27.8 Å². The summed E-state index contributed by atoms with van der Waals surface area (Å²) in [6.07, 6.45) is 0. The van der Waals surface area contributed by atoms with Crippen LogP contribution in [0.3, 0.4) is 0 Å². The number of aromatic nitrogens is 2. The topological polar surface area (TPSA) is 50.1 Å². The number of aromatic amines is 1. The number of rotatable bonds is 6. The molecule has 2 aromatic carbocycles. The molecule has 0 unspecified atom stereocenters. The lowest BCUT2D eigenvalue weighted by Gasteiger charge is -2.01. The molecule has 0 spiro atoms. The van der Waals surface area contributed by atoms with Crippen molar-refractivity contribution in [3.8, 4) is 5.69 Å². The van der Waals surface area contributed by atoms with E-state index in [1.165, 1.54) is 0 Å². The highest BCUT2D eigenvalue weighted by Gasteiger charge is 2.14. The Hall–Kier alpha value is -2.24. The number of halogens is 1. The van der Waals surface area contributed by atoms with E-state index < -0.39 is 0 Å². The van der Waals surface area contributed by atoms with E-state index in [1.807, 2.05) is 68.4 Å². The lowest BCUT2D eigenvalue weighted by Crippen LogP contribution is -2.19. The summed E-state index contributed by atoms with van der Waals surface area (Å²) in [5.41, 5.74) is 2.98. The summed E-state index contributed by atoms with van der Waals surface area (Å²) in [5.74, 6) is 0.843. The minimum Gasteiger partial charge on any atom is -0.295 e. The summed E-state index contributed by atoms with van der Waals surface area (Å²) in [4.78, 5) is 18.5. The molecule has 0 amide bonds. The number of para-hydroxylation sites is 1. The number of hydrogen-bond donors (Lipinski definition) is 1. The fourth-order valence-electron chi connectivity index (χ4n) is 2.72. The number of aliphatic imine (C=N–C) groups is 1. The second-order valence-corrected chi connectivity index (χ2v) is 7.46. The number of nitrogens with one attached hydrogen (secondary N) is 1. The Morgan fingerprint density at radius 1 is 1.15 bits per heavy atom. The van der Waals surface area contributed by atoms with Crippen LogP contribution in [0.15, 0.2) is 69.3 Å². The predicted molar refractivity (Wildman–Crippen MR) is 110 cm³/mol. The Bertz CT molecular complexity index is 959. The Kier molecular flexibility index (Phi) is 6.01. The summed E-state index contributed by atoms with van der Waals surface area (Å²) in [7, 11) is 0. The summed E-state index contributed by atoms with van der Waals surface area (Å²) < 4.78 is 1.56. The molecule has 0 bridgehead atoms. The molecule has 3 rings (SSSR count). The zero-order valence-corrected chi connectivity index (χ0v) is 16.3. The van der Waals surface area contributed by atoms with Gasteiger partial charge in [-0.2, -0.15) is 0 Å². The molecule has 0 aliphatic carbocycles. The van der Waals surface area contributed by atoms with Crippen molar-refractivity contribution in [3.63, 3.8) is 0 Å². The van der Waals surface area contributed by atoms with E-state index in [0.29, 0.717) is 12.1 Å². The molecule has 0 aliphatic rings. The molecule has 0 fully saturated rings. The average molecular weight is 386 g/mol. The quantitative estimate of drug-likeness (QED) is 0.379. The second kappa shape index (κ2) is 8.43. The van der Waals surface area contributed by atoms with Gasteiger partial charge in [-0.3, -0.25) is 14.9 Å². The van der Waals surface area contributed by atoms with Crippen LogP contribution in [-0.2, 0) is 0 Å². The maximum atomic E-state index is 12.8. The Morgan fingerprint density at radius 2 is 1.85 bits per heavy atom. The normalized spacial score (nSPS) is 11.7. The lowest BCUT2D eigenvalue weighted by molar-refractivity contribution is 0.835. The number of nitrogens with zero attached hydrogens (tertiary/aromatic N) is 2. The molecule has 26 heavy (non-hydrogen) atoms. The maximum Gasteiger partial charge on any atom is 0.280 e. The van der Waals surface area contributed by atoms with E-state index in [1.54, 1.807) is 16.4 Å². The maximum absolute atomic E-state index is 12.8. The Balaban J connectivity index is 1.70. The van der Waals surface area contributed by atoms with Crippen LogP contribution in [0.1, 0.15) is 18.2 Å². The van der Waals surface area contributed by atoms with E-state index in [4.69, 9.17) is 11.6 Å². The average Bonchev–Trinajstić information content (AvgIpc) is 2.95. The smallest absolute Gasteiger partial charge is 0.280 e. The van der Waals surface area contributed by atoms with Crippen LogP contribution in [0.5, 0.6) is 0 Å². The number of aryl methyl sites for hydroxylation is 1. The van der Waals surface area contributed by atoms with Crippen LogP contribution < -0.4 is 5.56 Å². The molecule has 0 atom stereocenters. The Morgan fingerprint density at radius 3 is 2.54 bits per heavy atom. The summed E-state index contributed by atoms with van der Waals surface area (Å²) in [5, 5.41) is 3.87. The fourth-order valence-corrected chi connectivity index (χ4v) is 3.59. The molecule has 4 nitrogen and oxygen atoms in total. The van der Waals surface area contributed by atoms with Crippen molar-refractivity contribution < 1.29 is 0 Å². The first-order valence-corrected chi connectivity index (χ1v) is 9.69. The number of hydrogen-bond acceptors (Lipinski definition) is 3. The fraction of sp³-hybridized carbons (Fsp3) is 0.200. The number of thioether (sulfide) groups is 1. The third-order valence-corrected chi connectivity index (χ3v) is 5.21. The van der Waals surface area contributed by atoms with Crippen molar-refractivity contribution in [1.29, 1.82) is 0 Å². The molecule has 1 aromatic heterocycles. The molecule has 1 heterocycles. The van der Waals surface area contributed by atoms with Gasteiger partial charge >= 0.3 is 0 Å². The van der Waals surface area contributed by atoms with E-state index in [9.17, 15) is 4.79 Å². The predicted octanol–water partition coefficient (Wildman–Crippen LogP) is 4.73. The highest BCUT2D eigenvalue weighted by atomic mass is 35.5. The van der Waals surface area contributed by atoms with Crippen molar-refractivity contribution in [3.05, 3.63) is 81.2 Å². The first kappa shape index (κ1) is 18.5. The molecule has 0 saturated heterocycles. The monoisotopic (exact) mass is 385 g/mol. The van der Waals surface area contributed by atoms with Crippen molar-refractivity contribution in [2.24, 2.45) is 4.99 Å².